The molecule has 0 radical (unpaired) electrons. The Morgan fingerprint density at radius 1 is 0.897 bits per heavy atom. The summed E-state index contributed by atoms with van der Waals surface area (Å²) in [6.07, 6.45) is 9.17. The second-order valence-corrected chi connectivity index (χ2v) is 6.67. The number of nitrogens with one attached hydrogen (secondary N) is 2. The molecule has 0 spiro atoms. The van der Waals surface area contributed by atoms with E-state index in [4.69, 9.17) is 4.98 Å². The SMILES string of the molecule is [HH].c1ccc(CNc2nccc(-c3c[nH]c4ncc(-c5cccnc5)cc34)n2)cc1. The standard InChI is InChI=1S/C23H18N6.H2/c1-2-5-16(6-3-1)12-28-23-25-10-8-21(29-23)20-15-27-22-19(20)11-18(14-26-22)17-7-4-9-24-13-17;/h1-11,13-15H,12H2,(H,26,27)(H,25,28,29);1H. The second kappa shape index (κ2) is 7.52. The summed E-state index contributed by atoms with van der Waals surface area (Å²) in [5.74, 6) is 0.595. The molecule has 6 nitrogen and oxygen atoms in total. The lowest BCUT2D eigenvalue weighted by Gasteiger charge is -2.07. The van der Waals surface area contributed by atoms with E-state index in [0.717, 1.165) is 33.4 Å². The molecular formula is C23H20N6. The van der Waals surface area contributed by atoms with Crippen molar-refractivity contribution in [2.75, 3.05) is 5.32 Å². The van der Waals surface area contributed by atoms with Crippen molar-refractivity contribution in [3.63, 3.8) is 0 Å². The van der Waals surface area contributed by atoms with E-state index < -0.39 is 0 Å². The Morgan fingerprint density at radius 2 is 1.83 bits per heavy atom. The van der Waals surface area contributed by atoms with Crippen molar-refractivity contribution >= 4 is 17.0 Å². The van der Waals surface area contributed by atoms with Crippen LogP contribution in [-0.2, 0) is 6.54 Å². The highest BCUT2D eigenvalue weighted by Gasteiger charge is 2.11. The van der Waals surface area contributed by atoms with Gasteiger partial charge in [0.25, 0.3) is 0 Å². The van der Waals surface area contributed by atoms with Gasteiger partial charge in [-0.3, -0.25) is 4.98 Å². The van der Waals surface area contributed by atoms with Gasteiger partial charge in [-0.05, 0) is 23.8 Å². The monoisotopic (exact) mass is 380 g/mol. The molecule has 0 aliphatic carbocycles. The molecular weight excluding hydrogens is 360 g/mol. The zero-order valence-electron chi connectivity index (χ0n) is 15.6. The average molecular weight is 380 g/mol. The zero-order chi connectivity index (χ0) is 19.5. The van der Waals surface area contributed by atoms with E-state index in [-0.39, 0.29) is 1.43 Å². The molecule has 0 saturated heterocycles. The maximum absolute atomic E-state index is 4.70. The molecule has 0 aliphatic rings. The molecule has 29 heavy (non-hydrogen) atoms. The summed E-state index contributed by atoms with van der Waals surface area (Å²) < 4.78 is 0. The minimum absolute atomic E-state index is 0. The van der Waals surface area contributed by atoms with Crippen LogP contribution in [0.5, 0.6) is 0 Å². The second-order valence-electron chi connectivity index (χ2n) is 6.67. The Balaban J connectivity index is 0.00000218. The lowest BCUT2D eigenvalue weighted by molar-refractivity contribution is 1.06. The first-order chi connectivity index (χ1) is 14.4. The Bertz CT molecular complexity index is 1250. The highest BCUT2D eigenvalue weighted by molar-refractivity contribution is 5.94. The number of aromatic amines is 1. The maximum atomic E-state index is 4.70. The summed E-state index contributed by atoms with van der Waals surface area (Å²) in [5, 5.41) is 4.31. The van der Waals surface area contributed by atoms with E-state index in [0.29, 0.717) is 12.5 Å². The molecule has 5 rings (SSSR count). The minimum atomic E-state index is 0. The van der Waals surface area contributed by atoms with Crippen LogP contribution in [0.4, 0.5) is 5.95 Å². The predicted octanol–water partition coefficient (Wildman–Crippen LogP) is 4.94. The van der Waals surface area contributed by atoms with E-state index in [1.807, 2.05) is 55.0 Å². The largest absolute Gasteiger partial charge is 0.350 e. The summed E-state index contributed by atoms with van der Waals surface area (Å²) in [6.45, 7) is 0.672. The Kier molecular flexibility index (Phi) is 4.42. The van der Waals surface area contributed by atoms with Gasteiger partial charge in [0.1, 0.15) is 5.65 Å². The molecule has 0 amide bonds. The summed E-state index contributed by atoms with van der Waals surface area (Å²) in [4.78, 5) is 21.1. The van der Waals surface area contributed by atoms with Crippen LogP contribution in [0.3, 0.4) is 0 Å². The molecule has 2 N–H and O–H groups in total. The molecule has 4 aromatic heterocycles. The van der Waals surface area contributed by atoms with Crippen molar-refractivity contribution in [2.24, 2.45) is 0 Å². The summed E-state index contributed by atoms with van der Waals surface area (Å²) in [6, 6.07) is 18.2. The van der Waals surface area contributed by atoms with Crippen LogP contribution in [0.15, 0.2) is 85.6 Å². The Labute approximate surface area is 169 Å². The fourth-order valence-electron chi connectivity index (χ4n) is 3.28. The quantitative estimate of drug-likeness (QED) is 0.451. The molecule has 0 bridgehead atoms. The molecule has 0 fully saturated rings. The number of aromatic nitrogens is 5. The normalized spacial score (nSPS) is 10.9. The molecule has 142 valence electrons. The average Bonchev–Trinajstić information content (AvgIpc) is 3.22. The molecule has 5 aromatic rings. The first-order valence-electron chi connectivity index (χ1n) is 9.35. The fourth-order valence-corrected chi connectivity index (χ4v) is 3.28. The zero-order valence-corrected chi connectivity index (χ0v) is 15.6. The van der Waals surface area contributed by atoms with Crippen LogP contribution in [0, 0.1) is 0 Å². The topological polar surface area (TPSA) is 79.4 Å². The van der Waals surface area contributed by atoms with Gasteiger partial charge >= 0.3 is 0 Å². The highest BCUT2D eigenvalue weighted by Crippen LogP contribution is 2.30. The molecule has 0 saturated carbocycles. The van der Waals surface area contributed by atoms with Crippen molar-refractivity contribution in [1.82, 2.24) is 24.9 Å². The van der Waals surface area contributed by atoms with Crippen molar-refractivity contribution in [1.29, 1.82) is 0 Å². The number of fused-ring (bicyclic) bond motifs is 1. The fraction of sp³-hybridized carbons (Fsp3) is 0.0435. The van der Waals surface area contributed by atoms with Crippen molar-refractivity contribution < 1.29 is 1.43 Å². The van der Waals surface area contributed by atoms with E-state index in [1.165, 1.54) is 5.56 Å². The number of benzene rings is 1. The Hall–Kier alpha value is -4.06. The van der Waals surface area contributed by atoms with E-state index >= 15 is 0 Å². The van der Waals surface area contributed by atoms with Crippen LogP contribution in [-0.4, -0.2) is 24.9 Å². The molecule has 0 aliphatic heterocycles. The van der Waals surface area contributed by atoms with Gasteiger partial charge in [0, 0.05) is 61.0 Å². The van der Waals surface area contributed by atoms with Gasteiger partial charge in [-0.15, -0.1) is 0 Å². The summed E-state index contributed by atoms with van der Waals surface area (Å²) >= 11 is 0. The van der Waals surface area contributed by atoms with Crippen LogP contribution >= 0.6 is 0 Å². The molecule has 6 heteroatoms. The summed E-state index contributed by atoms with van der Waals surface area (Å²) in [7, 11) is 0. The van der Waals surface area contributed by atoms with Crippen LogP contribution < -0.4 is 5.32 Å². The van der Waals surface area contributed by atoms with E-state index in [9.17, 15) is 0 Å². The number of hydrogen-bond donors (Lipinski definition) is 2. The number of nitrogens with zero attached hydrogens (tertiary/aromatic N) is 4. The molecule has 1 aromatic carbocycles. The van der Waals surface area contributed by atoms with Gasteiger partial charge in [-0.1, -0.05) is 36.4 Å². The van der Waals surface area contributed by atoms with Crippen LogP contribution in [0.25, 0.3) is 33.4 Å². The first kappa shape index (κ1) is 17.1. The van der Waals surface area contributed by atoms with Crippen LogP contribution in [0.1, 0.15) is 6.99 Å². The Morgan fingerprint density at radius 3 is 2.69 bits per heavy atom. The predicted molar refractivity (Wildman–Crippen MR) is 116 cm³/mol. The lowest BCUT2D eigenvalue weighted by Crippen LogP contribution is -2.03. The van der Waals surface area contributed by atoms with Crippen molar-refractivity contribution in [2.45, 2.75) is 6.54 Å². The lowest BCUT2D eigenvalue weighted by atomic mass is 10.1. The summed E-state index contributed by atoms with van der Waals surface area (Å²) in [5.41, 5.74) is 5.88. The highest BCUT2D eigenvalue weighted by atomic mass is 15.1. The number of rotatable bonds is 5. The van der Waals surface area contributed by atoms with Gasteiger partial charge in [-0.2, -0.15) is 0 Å². The minimum Gasteiger partial charge on any atom is -0.350 e. The van der Waals surface area contributed by atoms with E-state index in [1.54, 1.807) is 12.4 Å². The van der Waals surface area contributed by atoms with Gasteiger partial charge in [0.15, 0.2) is 0 Å². The molecule has 4 heterocycles. The smallest absolute Gasteiger partial charge is 0.223 e. The van der Waals surface area contributed by atoms with E-state index in [2.05, 4.69) is 43.5 Å². The number of pyridine rings is 2. The van der Waals surface area contributed by atoms with Gasteiger partial charge in [0.2, 0.25) is 5.95 Å². The molecule has 0 atom stereocenters. The number of H-pyrrole nitrogens is 1. The van der Waals surface area contributed by atoms with Gasteiger partial charge in [-0.25, -0.2) is 15.0 Å². The first-order valence-corrected chi connectivity index (χ1v) is 9.35. The third-order valence-corrected chi connectivity index (χ3v) is 4.75. The third kappa shape index (κ3) is 3.55. The van der Waals surface area contributed by atoms with Crippen molar-refractivity contribution in [3.8, 4) is 22.4 Å². The molecule has 0 unspecified atom stereocenters. The van der Waals surface area contributed by atoms with Crippen LogP contribution in [0.2, 0.25) is 0 Å². The van der Waals surface area contributed by atoms with Gasteiger partial charge in [0.05, 0.1) is 5.69 Å². The number of hydrogen-bond acceptors (Lipinski definition) is 5. The number of anilines is 1. The maximum Gasteiger partial charge on any atom is 0.223 e. The third-order valence-electron chi connectivity index (χ3n) is 4.75. The van der Waals surface area contributed by atoms with Gasteiger partial charge < -0.3 is 10.3 Å². The van der Waals surface area contributed by atoms with Crippen molar-refractivity contribution in [3.05, 3.63) is 91.1 Å².